The van der Waals surface area contributed by atoms with E-state index in [1.165, 1.54) is 0 Å². The molecule has 1 aliphatic carbocycles. The molecule has 1 aromatic rings. The molecule has 0 aliphatic heterocycles. The second-order valence-corrected chi connectivity index (χ2v) is 5.03. The predicted octanol–water partition coefficient (Wildman–Crippen LogP) is 2.87. The molecule has 1 aromatic carbocycles. The highest BCUT2D eigenvalue weighted by atomic mass is 19.2. The van der Waals surface area contributed by atoms with Crippen molar-refractivity contribution in [2.45, 2.75) is 37.6 Å². The maximum atomic E-state index is 13.6. The summed E-state index contributed by atoms with van der Waals surface area (Å²) in [5.74, 6) is -2.94. The van der Waals surface area contributed by atoms with Crippen LogP contribution in [0.2, 0.25) is 0 Å². The Bertz CT molecular complexity index is 436. The number of nitrogens with two attached hydrogens (primary N) is 1. The summed E-state index contributed by atoms with van der Waals surface area (Å²) in [5, 5.41) is 0. The number of halogens is 3. The van der Waals surface area contributed by atoms with E-state index in [4.69, 9.17) is 5.73 Å². The number of rotatable bonds is 2. The van der Waals surface area contributed by atoms with Gasteiger partial charge in [-0.15, -0.1) is 0 Å². The first-order valence-corrected chi connectivity index (χ1v) is 5.22. The molecule has 88 valence electrons. The van der Waals surface area contributed by atoms with Gasteiger partial charge in [-0.25, -0.2) is 13.2 Å². The van der Waals surface area contributed by atoms with Crippen LogP contribution in [0.5, 0.6) is 0 Å². The SMILES string of the molecule is CC(C)(c1cc(F)c(F)cc1F)C1(N)CC1. The topological polar surface area (TPSA) is 26.0 Å². The van der Waals surface area contributed by atoms with Crippen LogP contribution in [0.3, 0.4) is 0 Å². The summed E-state index contributed by atoms with van der Waals surface area (Å²) in [6.45, 7) is 3.52. The molecular weight excluding hydrogens is 215 g/mol. The summed E-state index contributed by atoms with van der Waals surface area (Å²) in [5.41, 5.74) is 4.98. The Labute approximate surface area is 92.5 Å². The second kappa shape index (κ2) is 3.23. The fourth-order valence-electron chi connectivity index (χ4n) is 2.03. The lowest BCUT2D eigenvalue weighted by molar-refractivity contribution is 0.368. The zero-order valence-corrected chi connectivity index (χ0v) is 9.28. The Morgan fingerprint density at radius 1 is 1.06 bits per heavy atom. The molecule has 0 saturated heterocycles. The Morgan fingerprint density at radius 3 is 2.06 bits per heavy atom. The van der Waals surface area contributed by atoms with Crippen LogP contribution < -0.4 is 5.73 Å². The third-order valence-electron chi connectivity index (χ3n) is 3.72. The van der Waals surface area contributed by atoms with Gasteiger partial charge in [0.05, 0.1) is 0 Å². The molecule has 0 atom stereocenters. The van der Waals surface area contributed by atoms with Crippen LogP contribution in [0, 0.1) is 17.5 Å². The largest absolute Gasteiger partial charge is 0.324 e. The van der Waals surface area contributed by atoms with Gasteiger partial charge >= 0.3 is 0 Å². The maximum Gasteiger partial charge on any atom is 0.161 e. The smallest absolute Gasteiger partial charge is 0.161 e. The number of hydrogen-bond donors (Lipinski definition) is 1. The Morgan fingerprint density at radius 2 is 1.56 bits per heavy atom. The van der Waals surface area contributed by atoms with Crippen molar-refractivity contribution in [2.75, 3.05) is 0 Å². The van der Waals surface area contributed by atoms with Gasteiger partial charge in [0.2, 0.25) is 0 Å². The van der Waals surface area contributed by atoms with Gasteiger partial charge in [-0.2, -0.15) is 0 Å². The maximum absolute atomic E-state index is 13.6. The summed E-state index contributed by atoms with van der Waals surface area (Å²) >= 11 is 0. The van der Waals surface area contributed by atoms with Gasteiger partial charge in [0, 0.05) is 17.0 Å². The van der Waals surface area contributed by atoms with Crippen molar-refractivity contribution in [3.05, 3.63) is 35.1 Å². The van der Waals surface area contributed by atoms with Crippen molar-refractivity contribution in [1.82, 2.24) is 0 Å². The van der Waals surface area contributed by atoms with E-state index >= 15 is 0 Å². The van der Waals surface area contributed by atoms with E-state index in [-0.39, 0.29) is 5.56 Å². The molecule has 16 heavy (non-hydrogen) atoms. The van der Waals surface area contributed by atoms with E-state index in [0.717, 1.165) is 18.9 Å². The van der Waals surface area contributed by atoms with E-state index in [1.807, 2.05) is 0 Å². The van der Waals surface area contributed by atoms with E-state index in [2.05, 4.69) is 0 Å². The van der Waals surface area contributed by atoms with Crippen LogP contribution >= 0.6 is 0 Å². The lowest BCUT2D eigenvalue weighted by Crippen LogP contribution is -2.44. The Kier molecular flexibility index (Phi) is 2.31. The van der Waals surface area contributed by atoms with Crippen LogP contribution in [0.15, 0.2) is 12.1 Å². The lowest BCUT2D eigenvalue weighted by atomic mass is 9.75. The molecule has 0 unspecified atom stereocenters. The Balaban J connectivity index is 2.52. The second-order valence-electron chi connectivity index (χ2n) is 5.03. The summed E-state index contributed by atoms with van der Waals surface area (Å²) in [4.78, 5) is 0. The van der Waals surface area contributed by atoms with Crippen LogP contribution in [0.4, 0.5) is 13.2 Å². The zero-order valence-electron chi connectivity index (χ0n) is 9.28. The fraction of sp³-hybridized carbons (Fsp3) is 0.500. The average Bonchev–Trinajstić information content (AvgIpc) is 2.91. The third-order valence-corrected chi connectivity index (χ3v) is 3.72. The average molecular weight is 229 g/mol. The minimum atomic E-state index is -1.17. The molecule has 0 radical (unpaired) electrons. The molecule has 1 fully saturated rings. The number of benzene rings is 1. The van der Waals surface area contributed by atoms with Gasteiger partial charge in [-0.1, -0.05) is 13.8 Å². The molecule has 0 spiro atoms. The normalized spacial score (nSPS) is 18.6. The molecule has 0 heterocycles. The van der Waals surface area contributed by atoms with Gasteiger partial charge in [-0.05, 0) is 24.5 Å². The quantitative estimate of drug-likeness (QED) is 0.775. The molecule has 1 aliphatic rings. The van der Waals surface area contributed by atoms with E-state index in [0.29, 0.717) is 6.07 Å². The fourth-order valence-corrected chi connectivity index (χ4v) is 2.03. The van der Waals surface area contributed by atoms with Gasteiger partial charge in [-0.3, -0.25) is 0 Å². The molecule has 0 bridgehead atoms. The zero-order chi connectivity index (χ0) is 12.1. The highest BCUT2D eigenvalue weighted by molar-refractivity contribution is 5.34. The molecule has 2 rings (SSSR count). The van der Waals surface area contributed by atoms with Crippen LogP contribution in [-0.4, -0.2) is 5.54 Å². The van der Waals surface area contributed by atoms with Crippen LogP contribution in [-0.2, 0) is 5.41 Å². The first kappa shape index (κ1) is 11.5. The van der Waals surface area contributed by atoms with E-state index < -0.39 is 28.4 Å². The summed E-state index contributed by atoms with van der Waals surface area (Å²) in [6.07, 6.45) is 1.55. The predicted molar refractivity (Wildman–Crippen MR) is 55.5 cm³/mol. The summed E-state index contributed by atoms with van der Waals surface area (Å²) in [7, 11) is 0. The first-order chi connectivity index (χ1) is 7.28. The molecule has 1 nitrogen and oxygen atoms in total. The lowest BCUT2D eigenvalue weighted by Gasteiger charge is -2.32. The molecule has 2 N–H and O–H groups in total. The van der Waals surface area contributed by atoms with Crippen LogP contribution in [0.25, 0.3) is 0 Å². The van der Waals surface area contributed by atoms with Gasteiger partial charge < -0.3 is 5.73 Å². The number of hydrogen-bond acceptors (Lipinski definition) is 1. The van der Waals surface area contributed by atoms with E-state index in [9.17, 15) is 13.2 Å². The van der Waals surface area contributed by atoms with Gasteiger partial charge in [0.25, 0.3) is 0 Å². The molecule has 4 heteroatoms. The highest BCUT2D eigenvalue weighted by Gasteiger charge is 2.52. The highest BCUT2D eigenvalue weighted by Crippen LogP contribution is 2.49. The summed E-state index contributed by atoms with van der Waals surface area (Å²) in [6, 6.07) is 1.50. The van der Waals surface area contributed by atoms with Gasteiger partial charge in [0.1, 0.15) is 5.82 Å². The molecule has 0 amide bonds. The van der Waals surface area contributed by atoms with Crippen LogP contribution in [0.1, 0.15) is 32.3 Å². The van der Waals surface area contributed by atoms with Crippen molar-refractivity contribution >= 4 is 0 Å². The van der Waals surface area contributed by atoms with Crippen molar-refractivity contribution < 1.29 is 13.2 Å². The molecule has 0 aromatic heterocycles. The first-order valence-electron chi connectivity index (χ1n) is 5.22. The third kappa shape index (κ3) is 1.52. The van der Waals surface area contributed by atoms with Crippen molar-refractivity contribution in [2.24, 2.45) is 5.73 Å². The molecule has 1 saturated carbocycles. The van der Waals surface area contributed by atoms with Crippen molar-refractivity contribution in [3.63, 3.8) is 0 Å². The van der Waals surface area contributed by atoms with Crippen molar-refractivity contribution in [1.29, 1.82) is 0 Å². The minimum Gasteiger partial charge on any atom is -0.324 e. The van der Waals surface area contributed by atoms with Crippen molar-refractivity contribution in [3.8, 4) is 0 Å². The van der Waals surface area contributed by atoms with E-state index in [1.54, 1.807) is 13.8 Å². The monoisotopic (exact) mass is 229 g/mol. The standard InChI is InChI=1S/C12H14F3N/c1-11(2,12(16)3-4-12)7-5-9(14)10(15)6-8(7)13/h5-6H,3-4,16H2,1-2H3. The van der Waals surface area contributed by atoms with Gasteiger partial charge in [0.15, 0.2) is 11.6 Å². The Hall–Kier alpha value is -1.03. The minimum absolute atomic E-state index is 0.145. The summed E-state index contributed by atoms with van der Waals surface area (Å²) < 4.78 is 39.6. The molecular formula is C12H14F3N.